The van der Waals surface area contributed by atoms with E-state index in [2.05, 4.69) is 0 Å². The molecule has 0 saturated carbocycles. The van der Waals surface area contributed by atoms with Crippen LogP contribution in [0.5, 0.6) is 23.0 Å². The van der Waals surface area contributed by atoms with Crippen LogP contribution in [0.25, 0.3) is 29.9 Å². The zero-order chi connectivity index (χ0) is 24.7. The van der Waals surface area contributed by atoms with Crippen LogP contribution < -0.4 is 17.8 Å². The Morgan fingerprint density at radius 3 is 1.36 bits per heavy atom. The molecule has 2 radical (unpaired) electrons. The van der Waals surface area contributed by atoms with Crippen molar-refractivity contribution >= 4 is 123 Å². The van der Waals surface area contributed by atoms with E-state index in [1.54, 1.807) is 36.4 Å². The van der Waals surface area contributed by atoms with Crippen molar-refractivity contribution in [3.63, 3.8) is 0 Å². The third-order valence-corrected chi connectivity index (χ3v) is 7.62. The molecule has 0 bridgehead atoms. The smallest absolute Gasteiger partial charge is 0.446 e. The summed E-state index contributed by atoms with van der Waals surface area (Å²) in [5, 5.41) is 0.678. The maximum absolute atomic E-state index is 11.6. The summed E-state index contributed by atoms with van der Waals surface area (Å²) in [6.45, 7) is 4.43. The van der Waals surface area contributed by atoms with Crippen molar-refractivity contribution in [3.05, 3.63) is 36.4 Å². The molecular weight excluding hydrogens is 574 g/mol. The standard InChI is InChI=1S/C20H18O10S4.2Na/c1-3-27-11-5-7-13-15(9-11)31-19(17(13)29-33(21,22)23)20-18(30-34(24,25)26)14-8-6-12(28-4-2)10-16(14)32-20;;/h5-10H,3-4H2,1-2H3,(H,21,22,23)(H,24,25,26);;. The van der Waals surface area contributed by atoms with Gasteiger partial charge in [0, 0.05) is 79.3 Å². The Hall–Kier alpha value is -0.620. The van der Waals surface area contributed by atoms with E-state index in [1.165, 1.54) is 0 Å². The van der Waals surface area contributed by atoms with Crippen LogP contribution in [0.1, 0.15) is 13.8 Å². The predicted molar refractivity (Wildman–Crippen MR) is 141 cm³/mol. The Kier molecular flexibility index (Phi) is 11.0. The predicted octanol–water partition coefficient (Wildman–Crippen LogP) is 4.18. The first kappa shape index (κ1) is 31.6. The summed E-state index contributed by atoms with van der Waals surface area (Å²) in [6.07, 6.45) is 0. The van der Waals surface area contributed by atoms with Crippen LogP contribution in [0.2, 0.25) is 0 Å². The van der Waals surface area contributed by atoms with Crippen molar-refractivity contribution in [1.29, 1.82) is 0 Å². The number of hydrogen-bond donors (Lipinski definition) is 2. The first-order valence-electron chi connectivity index (χ1n) is 9.72. The fraction of sp³-hybridized carbons (Fsp3) is 0.200. The van der Waals surface area contributed by atoms with Gasteiger partial charge in [0.25, 0.3) is 0 Å². The Balaban J connectivity index is 0.00000228. The molecule has 10 nitrogen and oxygen atoms in total. The molecule has 16 heteroatoms. The fourth-order valence-corrected chi connectivity index (χ4v) is 6.61. The summed E-state index contributed by atoms with van der Waals surface area (Å²) < 4.78 is 87.2. The van der Waals surface area contributed by atoms with Gasteiger partial charge in [-0.3, -0.25) is 9.11 Å². The Morgan fingerprint density at radius 1 is 0.694 bits per heavy atom. The van der Waals surface area contributed by atoms with Crippen LogP contribution in [-0.2, 0) is 20.8 Å². The number of thiophene rings is 2. The van der Waals surface area contributed by atoms with Gasteiger partial charge in [-0.15, -0.1) is 22.7 Å². The fourth-order valence-electron chi connectivity index (χ4n) is 3.29. The van der Waals surface area contributed by atoms with Crippen molar-refractivity contribution in [2.75, 3.05) is 13.2 Å². The van der Waals surface area contributed by atoms with Crippen molar-refractivity contribution in [2.45, 2.75) is 13.8 Å². The SMILES string of the molecule is CCOc1ccc2c(OS(=O)(=O)O)c(-c3sc4cc(OCC)ccc4c3OS(=O)(=O)O)sc2c1.[Na].[Na]. The second kappa shape index (κ2) is 12.5. The van der Waals surface area contributed by atoms with E-state index in [0.29, 0.717) is 44.9 Å². The number of rotatable bonds is 9. The van der Waals surface area contributed by atoms with E-state index in [1.807, 2.05) is 13.8 Å². The van der Waals surface area contributed by atoms with Gasteiger partial charge >= 0.3 is 20.8 Å². The van der Waals surface area contributed by atoms with E-state index < -0.39 is 20.8 Å². The summed E-state index contributed by atoms with van der Waals surface area (Å²) >= 11 is 2.14. The molecule has 184 valence electrons. The average molecular weight is 593 g/mol. The van der Waals surface area contributed by atoms with Crippen LogP contribution in [0.15, 0.2) is 36.4 Å². The number of fused-ring (bicyclic) bond motifs is 2. The molecule has 0 aliphatic heterocycles. The zero-order valence-corrected chi connectivity index (χ0v) is 26.9. The minimum absolute atomic E-state index is 0. The zero-order valence-electron chi connectivity index (χ0n) is 19.7. The number of benzene rings is 2. The van der Waals surface area contributed by atoms with Crippen molar-refractivity contribution in [3.8, 4) is 32.8 Å². The molecular formula is C20H18Na2O10S4. The maximum atomic E-state index is 11.6. The summed E-state index contributed by atoms with van der Waals surface area (Å²) in [4.78, 5) is 0.332. The second-order valence-corrected chi connectivity index (χ2v) is 10.9. The topological polar surface area (TPSA) is 146 Å². The Labute approximate surface area is 260 Å². The molecule has 0 atom stereocenters. The van der Waals surface area contributed by atoms with Gasteiger partial charge in [-0.05, 0) is 50.2 Å². The van der Waals surface area contributed by atoms with Crippen LogP contribution in [-0.4, -0.2) is 98.3 Å². The van der Waals surface area contributed by atoms with Gasteiger partial charge in [0.15, 0.2) is 11.5 Å². The molecule has 2 N–H and O–H groups in total. The second-order valence-electron chi connectivity index (χ2n) is 6.72. The van der Waals surface area contributed by atoms with E-state index in [9.17, 15) is 25.9 Å². The molecule has 2 aromatic carbocycles. The minimum atomic E-state index is -4.93. The summed E-state index contributed by atoms with van der Waals surface area (Å²) in [6, 6.07) is 9.65. The largest absolute Gasteiger partial charge is 0.494 e. The minimum Gasteiger partial charge on any atom is -0.494 e. The third kappa shape index (κ3) is 7.27. The molecule has 0 saturated heterocycles. The quantitative estimate of drug-likeness (QED) is 0.214. The van der Waals surface area contributed by atoms with Crippen LogP contribution in [0.3, 0.4) is 0 Å². The molecule has 0 aliphatic carbocycles. The Bertz CT molecular complexity index is 1470. The molecule has 2 heterocycles. The molecule has 4 rings (SSSR count). The van der Waals surface area contributed by atoms with Gasteiger partial charge in [0.1, 0.15) is 11.5 Å². The summed E-state index contributed by atoms with van der Waals surface area (Å²) in [5.41, 5.74) is 0. The molecule has 0 spiro atoms. The van der Waals surface area contributed by atoms with E-state index >= 15 is 0 Å². The van der Waals surface area contributed by atoms with E-state index in [0.717, 1.165) is 22.7 Å². The Morgan fingerprint density at radius 2 is 1.06 bits per heavy atom. The van der Waals surface area contributed by atoms with Crippen molar-refractivity contribution in [2.24, 2.45) is 0 Å². The summed E-state index contributed by atoms with van der Waals surface area (Å²) in [7, 11) is -9.86. The number of ether oxygens (including phenoxy) is 2. The van der Waals surface area contributed by atoms with Crippen LogP contribution in [0, 0.1) is 0 Å². The molecule has 36 heavy (non-hydrogen) atoms. The first-order chi connectivity index (χ1) is 16.0. The van der Waals surface area contributed by atoms with Crippen molar-refractivity contribution in [1.82, 2.24) is 0 Å². The molecule has 4 aromatic rings. The molecule has 0 aliphatic rings. The monoisotopic (exact) mass is 592 g/mol. The van der Waals surface area contributed by atoms with Crippen molar-refractivity contribution < 1.29 is 43.8 Å². The van der Waals surface area contributed by atoms with E-state index in [4.69, 9.17) is 17.8 Å². The summed E-state index contributed by atoms with van der Waals surface area (Å²) in [5.74, 6) is 0.603. The van der Waals surface area contributed by atoms with Gasteiger partial charge in [0.2, 0.25) is 0 Å². The van der Waals surface area contributed by atoms with Gasteiger partial charge < -0.3 is 17.8 Å². The van der Waals surface area contributed by atoms with E-state index in [-0.39, 0.29) is 80.4 Å². The third-order valence-electron chi connectivity index (χ3n) is 4.44. The molecule has 0 amide bonds. The normalized spacial score (nSPS) is 11.6. The van der Waals surface area contributed by atoms with Crippen LogP contribution in [0.4, 0.5) is 0 Å². The molecule has 0 fully saturated rings. The molecule has 0 unspecified atom stereocenters. The van der Waals surface area contributed by atoms with Gasteiger partial charge in [0.05, 0.1) is 23.0 Å². The van der Waals surface area contributed by atoms with Crippen LogP contribution >= 0.6 is 22.7 Å². The van der Waals surface area contributed by atoms with Gasteiger partial charge in [-0.25, -0.2) is 0 Å². The maximum Gasteiger partial charge on any atom is 0.446 e. The van der Waals surface area contributed by atoms with Gasteiger partial charge in [-0.2, -0.15) is 16.8 Å². The first-order valence-corrected chi connectivity index (χ1v) is 14.1. The molecule has 2 aromatic heterocycles. The average Bonchev–Trinajstić information content (AvgIpc) is 3.24. The number of hydrogen-bond acceptors (Lipinski definition) is 10. The van der Waals surface area contributed by atoms with Gasteiger partial charge in [-0.1, -0.05) is 0 Å².